The van der Waals surface area contributed by atoms with Crippen LogP contribution in [-0.2, 0) is 16.1 Å². The van der Waals surface area contributed by atoms with Crippen molar-refractivity contribution in [2.45, 2.75) is 13.5 Å². The van der Waals surface area contributed by atoms with Crippen LogP contribution in [0.4, 0.5) is 0 Å². The topological polar surface area (TPSA) is 40.6 Å². The van der Waals surface area contributed by atoms with E-state index >= 15 is 0 Å². The van der Waals surface area contributed by atoms with Gasteiger partial charge in [-0.1, -0.05) is 23.7 Å². The summed E-state index contributed by atoms with van der Waals surface area (Å²) in [5.41, 5.74) is 1.02. The lowest BCUT2D eigenvalue weighted by atomic mass is 10.2. The SMILES string of the molecule is CC(=O)N1C(=O)CN1Cc1ccc(Cl)cc1. The Hall–Kier alpha value is -1.39. The Morgan fingerprint density at radius 1 is 1.38 bits per heavy atom. The minimum Gasteiger partial charge on any atom is -0.273 e. The van der Waals surface area contributed by atoms with Crippen molar-refractivity contribution < 1.29 is 9.59 Å². The van der Waals surface area contributed by atoms with E-state index in [1.165, 1.54) is 6.92 Å². The summed E-state index contributed by atoms with van der Waals surface area (Å²) in [5.74, 6) is -0.397. The fraction of sp³-hybridized carbons (Fsp3) is 0.273. The van der Waals surface area contributed by atoms with Crippen LogP contribution in [0.25, 0.3) is 0 Å². The molecule has 0 spiro atoms. The van der Waals surface area contributed by atoms with E-state index < -0.39 is 0 Å². The molecule has 1 aliphatic rings. The second-order valence-corrected chi connectivity index (χ2v) is 4.11. The van der Waals surface area contributed by atoms with Crippen molar-refractivity contribution in [1.82, 2.24) is 10.0 Å². The smallest absolute Gasteiger partial charge is 0.260 e. The van der Waals surface area contributed by atoms with Crippen molar-refractivity contribution in [3.05, 3.63) is 34.9 Å². The van der Waals surface area contributed by atoms with Crippen molar-refractivity contribution in [2.75, 3.05) is 6.54 Å². The molecule has 0 aromatic heterocycles. The first-order valence-electron chi connectivity index (χ1n) is 4.91. The van der Waals surface area contributed by atoms with Gasteiger partial charge in [0.25, 0.3) is 5.91 Å². The van der Waals surface area contributed by atoms with Gasteiger partial charge in [0.1, 0.15) is 6.54 Å². The highest BCUT2D eigenvalue weighted by molar-refractivity contribution is 6.30. The van der Waals surface area contributed by atoms with Crippen LogP contribution in [0.1, 0.15) is 12.5 Å². The van der Waals surface area contributed by atoms with E-state index in [9.17, 15) is 9.59 Å². The Bertz CT molecular complexity index is 422. The van der Waals surface area contributed by atoms with Gasteiger partial charge in [-0.15, -0.1) is 0 Å². The lowest BCUT2D eigenvalue weighted by Crippen LogP contribution is -2.62. The molecule has 0 radical (unpaired) electrons. The van der Waals surface area contributed by atoms with Gasteiger partial charge in [-0.25, -0.2) is 5.01 Å². The lowest BCUT2D eigenvalue weighted by molar-refractivity contribution is -0.186. The molecule has 0 N–H and O–H groups in total. The molecule has 1 aliphatic heterocycles. The quantitative estimate of drug-likeness (QED) is 0.783. The van der Waals surface area contributed by atoms with Crippen LogP contribution in [0, 0.1) is 0 Å². The van der Waals surface area contributed by atoms with Gasteiger partial charge in [0.05, 0.1) is 0 Å². The summed E-state index contributed by atoms with van der Waals surface area (Å²) in [6.45, 7) is 2.22. The van der Waals surface area contributed by atoms with E-state index in [1.807, 2.05) is 12.1 Å². The molecule has 16 heavy (non-hydrogen) atoms. The molecule has 0 bridgehead atoms. The minimum absolute atomic E-state index is 0.151. The molecule has 1 aromatic carbocycles. The third kappa shape index (κ3) is 2.08. The molecule has 0 unspecified atom stereocenters. The summed E-state index contributed by atoms with van der Waals surface area (Å²) < 4.78 is 0. The zero-order chi connectivity index (χ0) is 11.7. The zero-order valence-corrected chi connectivity index (χ0v) is 9.57. The van der Waals surface area contributed by atoms with Crippen molar-refractivity contribution >= 4 is 23.4 Å². The van der Waals surface area contributed by atoms with Crippen LogP contribution in [0.15, 0.2) is 24.3 Å². The molecule has 0 aliphatic carbocycles. The first kappa shape index (κ1) is 11.1. The van der Waals surface area contributed by atoms with Gasteiger partial charge in [0, 0.05) is 18.5 Å². The number of halogens is 1. The molecule has 0 atom stereocenters. The maximum Gasteiger partial charge on any atom is 0.260 e. The second kappa shape index (κ2) is 4.23. The maximum absolute atomic E-state index is 11.2. The van der Waals surface area contributed by atoms with Gasteiger partial charge >= 0.3 is 0 Å². The van der Waals surface area contributed by atoms with Crippen molar-refractivity contribution in [2.24, 2.45) is 0 Å². The van der Waals surface area contributed by atoms with E-state index in [-0.39, 0.29) is 11.8 Å². The summed E-state index contributed by atoms with van der Waals surface area (Å²) in [6.07, 6.45) is 0. The van der Waals surface area contributed by atoms with Gasteiger partial charge in [-0.3, -0.25) is 9.59 Å². The minimum atomic E-state index is -0.245. The normalized spacial score (nSPS) is 16.1. The maximum atomic E-state index is 11.2. The molecule has 1 heterocycles. The third-order valence-electron chi connectivity index (χ3n) is 2.41. The molecule has 2 amide bonds. The third-order valence-corrected chi connectivity index (χ3v) is 2.67. The lowest BCUT2D eigenvalue weighted by Gasteiger charge is -2.40. The average Bonchev–Trinajstić information content (AvgIpc) is 2.19. The van der Waals surface area contributed by atoms with E-state index in [4.69, 9.17) is 11.6 Å². The predicted molar refractivity (Wildman–Crippen MR) is 59.4 cm³/mol. The molecular formula is C11H11ClN2O2. The fourth-order valence-corrected chi connectivity index (χ4v) is 1.80. The monoisotopic (exact) mass is 238 g/mol. The molecule has 4 nitrogen and oxygen atoms in total. The van der Waals surface area contributed by atoms with E-state index in [1.54, 1.807) is 17.1 Å². The summed E-state index contributed by atoms with van der Waals surface area (Å²) in [7, 11) is 0. The van der Waals surface area contributed by atoms with Crippen LogP contribution < -0.4 is 0 Å². The van der Waals surface area contributed by atoms with Crippen LogP contribution in [0.2, 0.25) is 5.02 Å². The number of hydrazine groups is 1. The first-order chi connectivity index (χ1) is 7.58. The Balaban J connectivity index is 2.03. The number of carbonyl (C=O) groups excluding carboxylic acids is 2. The summed E-state index contributed by atoms with van der Waals surface area (Å²) in [5, 5.41) is 3.54. The van der Waals surface area contributed by atoms with Gasteiger partial charge in [0.15, 0.2) is 0 Å². The molecule has 1 aromatic rings. The number of hydrogen-bond acceptors (Lipinski definition) is 3. The number of nitrogens with zero attached hydrogens (tertiary/aromatic N) is 2. The van der Waals surface area contributed by atoms with Gasteiger partial charge in [-0.05, 0) is 17.7 Å². The number of rotatable bonds is 2. The van der Waals surface area contributed by atoms with Crippen molar-refractivity contribution in [1.29, 1.82) is 0 Å². The summed E-state index contributed by atoms with van der Waals surface area (Å²) >= 11 is 5.77. The van der Waals surface area contributed by atoms with Gasteiger partial charge in [0.2, 0.25) is 5.91 Å². The van der Waals surface area contributed by atoms with Gasteiger partial charge in [-0.2, -0.15) is 5.01 Å². The number of amides is 2. The van der Waals surface area contributed by atoms with Crippen molar-refractivity contribution in [3.63, 3.8) is 0 Å². The van der Waals surface area contributed by atoms with E-state index in [0.29, 0.717) is 18.1 Å². The average molecular weight is 239 g/mol. The molecule has 2 rings (SSSR count). The molecule has 0 saturated carbocycles. The summed E-state index contributed by atoms with van der Waals surface area (Å²) in [4.78, 5) is 22.3. The van der Waals surface area contributed by atoms with Crippen LogP contribution in [0.3, 0.4) is 0 Å². The number of imide groups is 1. The largest absolute Gasteiger partial charge is 0.273 e. The van der Waals surface area contributed by atoms with E-state index in [0.717, 1.165) is 10.6 Å². The van der Waals surface area contributed by atoms with E-state index in [2.05, 4.69) is 0 Å². The number of carbonyl (C=O) groups is 2. The van der Waals surface area contributed by atoms with Crippen LogP contribution >= 0.6 is 11.6 Å². The van der Waals surface area contributed by atoms with Crippen LogP contribution in [-0.4, -0.2) is 28.4 Å². The molecule has 5 heteroatoms. The summed E-state index contributed by atoms with van der Waals surface area (Å²) in [6, 6.07) is 7.33. The van der Waals surface area contributed by atoms with Crippen LogP contribution in [0.5, 0.6) is 0 Å². The van der Waals surface area contributed by atoms with Crippen molar-refractivity contribution in [3.8, 4) is 0 Å². The zero-order valence-electron chi connectivity index (χ0n) is 8.81. The predicted octanol–water partition coefficient (Wildman–Crippen LogP) is 1.45. The fourth-order valence-electron chi connectivity index (χ4n) is 1.68. The number of benzene rings is 1. The standard InChI is InChI=1S/C11H11ClN2O2/c1-8(15)14-11(16)7-13(14)6-9-2-4-10(12)5-3-9/h2-5H,6-7H2,1H3. The Kier molecular flexibility index (Phi) is 2.94. The molecule has 1 fully saturated rings. The Morgan fingerprint density at radius 3 is 2.50 bits per heavy atom. The molecule has 1 saturated heterocycles. The second-order valence-electron chi connectivity index (χ2n) is 3.67. The Morgan fingerprint density at radius 2 is 2.00 bits per heavy atom. The molecular weight excluding hydrogens is 228 g/mol. The Labute approximate surface area is 98.4 Å². The highest BCUT2D eigenvalue weighted by Crippen LogP contribution is 2.17. The number of hydrogen-bond donors (Lipinski definition) is 0. The highest BCUT2D eigenvalue weighted by Gasteiger charge is 2.36. The van der Waals surface area contributed by atoms with Gasteiger partial charge < -0.3 is 0 Å². The highest BCUT2D eigenvalue weighted by atomic mass is 35.5. The molecule has 84 valence electrons. The first-order valence-corrected chi connectivity index (χ1v) is 5.28.